The van der Waals surface area contributed by atoms with Crippen LogP contribution in [0.4, 0.5) is 11.4 Å². The Labute approximate surface area is 191 Å². The number of anilines is 2. The number of amides is 1. The number of sulfonamides is 1. The molecular formula is C22H22ClN3O3S2. The largest absolute Gasteiger partial charge is 0.367 e. The van der Waals surface area contributed by atoms with Crippen LogP contribution in [0.3, 0.4) is 0 Å². The van der Waals surface area contributed by atoms with Gasteiger partial charge in [-0.1, -0.05) is 35.4 Å². The van der Waals surface area contributed by atoms with Gasteiger partial charge in [-0.2, -0.15) is 0 Å². The van der Waals surface area contributed by atoms with E-state index in [1.54, 1.807) is 36.4 Å². The lowest BCUT2D eigenvalue weighted by Crippen LogP contribution is -2.48. The molecule has 0 bridgehead atoms. The first-order valence-electron chi connectivity index (χ1n) is 9.80. The van der Waals surface area contributed by atoms with E-state index in [0.717, 1.165) is 16.1 Å². The Morgan fingerprint density at radius 3 is 2.35 bits per heavy atom. The van der Waals surface area contributed by atoms with Gasteiger partial charge in [0.1, 0.15) is 0 Å². The van der Waals surface area contributed by atoms with Crippen LogP contribution in [0.15, 0.2) is 64.9 Å². The van der Waals surface area contributed by atoms with Crippen LogP contribution >= 0.6 is 22.9 Å². The minimum atomic E-state index is -3.69. The molecule has 2 aromatic carbocycles. The molecule has 0 radical (unpaired) electrons. The summed E-state index contributed by atoms with van der Waals surface area (Å²) < 4.78 is 27.8. The van der Waals surface area contributed by atoms with Crippen molar-refractivity contribution in [1.29, 1.82) is 0 Å². The van der Waals surface area contributed by atoms with E-state index in [2.05, 4.69) is 9.62 Å². The van der Waals surface area contributed by atoms with Gasteiger partial charge in [-0.25, -0.2) is 8.42 Å². The number of benzene rings is 2. The van der Waals surface area contributed by atoms with Gasteiger partial charge in [0.25, 0.3) is 15.9 Å². The first kappa shape index (κ1) is 21.7. The maximum absolute atomic E-state index is 12.6. The number of thiophene rings is 1. The minimum absolute atomic E-state index is 0.0570. The van der Waals surface area contributed by atoms with Crippen molar-refractivity contribution >= 4 is 50.2 Å². The molecule has 2 heterocycles. The summed E-state index contributed by atoms with van der Waals surface area (Å²) in [5, 5.41) is 2.36. The number of hydrogen-bond acceptors (Lipinski definition) is 5. The zero-order chi connectivity index (χ0) is 22.0. The SMILES string of the molecule is Cc1ccc(S(=O)(=O)Nc2ccc(N3CCN(C(=O)c4cccs4)CC3)c(Cl)c2)cc1. The molecule has 0 saturated carbocycles. The van der Waals surface area contributed by atoms with Crippen molar-refractivity contribution in [3.63, 3.8) is 0 Å². The molecule has 6 nitrogen and oxygen atoms in total. The summed E-state index contributed by atoms with van der Waals surface area (Å²) in [5.74, 6) is 0.0570. The summed E-state index contributed by atoms with van der Waals surface area (Å²) >= 11 is 7.93. The third kappa shape index (κ3) is 4.87. The van der Waals surface area contributed by atoms with E-state index < -0.39 is 10.0 Å². The molecule has 1 amide bonds. The second-order valence-corrected chi connectivity index (χ2v) is 10.4. The van der Waals surface area contributed by atoms with Crippen LogP contribution in [0.5, 0.6) is 0 Å². The van der Waals surface area contributed by atoms with Gasteiger partial charge in [-0.15, -0.1) is 11.3 Å². The fourth-order valence-corrected chi connectivity index (χ4v) is 5.51. The van der Waals surface area contributed by atoms with Crippen LogP contribution in [0.25, 0.3) is 0 Å². The molecule has 0 unspecified atom stereocenters. The van der Waals surface area contributed by atoms with Crippen LogP contribution in [0.2, 0.25) is 5.02 Å². The van der Waals surface area contributed by atoms with Crippen molar-refractivity contribution in [3.8, 4) is 0 Å². The summed E-state index contributed by atoms with van der Waals surface area (Å²) in [4.78, 5) is 17.4. The zero-order valence-electron chi connectivity index (χ0n) is 16.9. The van der Waals surface area contributed by atoms with Gasteiger partial charge < -0.3 is 9.80 Å². The molecule has 1 N–H and O–H groups in total. The molecule has 162 valence electrons. The number of nitrogens with one attached hydrogen (secondary N) is 1. The molecular weight excluding hydrogens is 454 g/mol. The average molecular weight is 476 g/mol. The number of halogens is 1. The molecule has 1 aromatic heterocycles. The fourth-order valence-electron chi connectivity index (χ4n) is 3.46. The maximum Gasteiger partial charge on any atom is 0.264 e. The van der Waals surface area contributed by atoms with E-state index >= 15 is 0 Å². The Morgan fingerprint density at radius 2 is 1.74 bits per heavy atom. The lowest BCUT2D eigenvalue weighted by molar-refractivity contribution is 0.0751. The van der Waals surface area contributed by atoms with E-state index in [0.29, 0.717) is 36.9 Å². The molecule has 0 aliphatic carbocycles. The highest BCUT2D eigenvalue weighted by atomic mass is 35.5. The maximum atomic E-state index is 12.6. The van der Waals surface area contributed by atoms with E-state index in [4.69, 9.17) is 11.6 Å². The van der Waals surface area contributed by atoms with Crippen LogP contribution in [0.1, 0.15) is 15.2 Å². The summed E-state index contributed by atoms with van der Waals surface area (Å²) in [5.41, 5.74) is 2.22. The lowest BCUT2D eigenvalue weighted by Gasteiger charge is -2.36. The quantitative estimate of drug-likeness (QED) is 0.591. The molecule has 31 heavy (non-hydrogen) atoms. The number of rotatable bonds is 5. The van der Waals surface area contributed by atoms with E-state index in [-0.39, 0.29) is 10.8 Å². The van der Waals surface area contributed by atoms with Crippen molar-refractivity contribution < 1.29 is 13.2 Å². The topological polar surface area (TPSA) is 69.7 Å². The Bertz CT molecular complexity index is 1170. The molecule has 1 aliphatic heterocycles. The van der Waals surface area contributed by atoms with Gasteiger partial charge in [0, 0.05) is 26.2 Å². The van der Waals surface area contributed by atoms with Crippen molar-refractivity contribution in [1.82, 2.24) is 4.90 Å². The number of piperazine rings is 1. The number of aryl methyl sites for hydroxylation is 1. The second kappa shape index (κ2) is 8.90. The van der Waals surface area contributed by atoms with Crippen LogP contribution in [-0.4, -0.2) is 45.4 Å². The van der Waals surface area contributed by atoms with Crippen LogP contribution in [0, 0.1) is 6.92 Å². The smallest absolute Gasteiger partial charge is 0.264 e. The van der Waals surface area contributed by atoms with Gasteiger partial charge in [0.05, 0.1) is 26.2 Å². The Morgan fingerprint density at radius 1 is 1.03 bits per heavy atom. The highest BCUT2D eigenvalue weighted by Crippen LogP contribution is 2.31. The Kier molecular flexibility index (Phi) is 6.22. The third-order valence-electron chi connectivity index (χ3n) is 5.17. The predicted molar refractivity (Wildman–Crippen MR) is 126 cm³/mol. The first-order chi connectivity index (χ1) is 14.8. The lowest BCUT2D eigenvalue weighted by atomic mass is 10.2. The van der Waals surface area contributed by atoms with Crippen molar-refractivity contribution in [2.75, 3.05) is 35.8 Å². The standard InChI is InChI=1S/C22H22ClN3O3S2/c1-16-4-7-18(8-5-16)31(28,29)24-17-6-9-20(19(23)15-17)25-10-12-26(13-11-25)22(27)21-3-2-14-30-21/h2-9,14-15,24H,10-13H2,1H3. The van der Waals surface area contributed by atoms with E-state index in [9.17, 15) is 13.2 Å². The fraction of sp³-hybridized carbons (Fsp3) is 0.227. The minimum Gasteiger partial charge on any atom is -0.367 e. The van der Waals surface area contributed by atoms with Crippen molar-refractivity contribution in [2.45, 2.75) is 11.8 Å². The molecule has 9 heteroatoms. The summed E-state index contributed by atoms with van der Waals surface area (Å²) in [6, 6.07) is 15.5. The second-order valence-electron chi connectivity index (χ2n) is 7.34. The third-order valence-corrected chi connectivity index (χ3v) is 7.73. The zero-order valence-corrected chi connectivity index (χ0v) is 19.3. The summed E-state index contributed by atoms with van der Waals surface area (Å²) in [6.45, 7) is 4.43. The summed E-state index contributed by atoms with van der Waals surface area (Å²) in [6.07, 6.45) is 0. The number of carbonyl (C=O) groups excluding carboxylic acids is 1. The monoisotopic (exact) mass is 475 g/mol. The number of hydrogen-bond donors (Lipinski definition) is 1. The Balaban J connectivity index is 1.42. The number of nitrogens with zero attached hydrogens (tertiary/aromatic N) is 2. The van der Waals surface area contributed by atoms with Gasteiger partial charge in [-0.3, -0.25) is 9.52 Å². The van der Waals surface area contributed by atoms with Gasteiger partial charge in [0.2, 0.25) is 0 Å². The van der Waals surface area contributed by atoms with Gasteiger partial charge in [-0.05, 0) is 48.7 Å². The van der Waals surface area contributed by atoms with Crippen molar-refractivity contribution in [3.05, 3.63) is 75.4 Å². The van der Waals surface area contributed by atoms with Crippen LogP contribution in [-0.2, 0) is 10.0 Å². The average Bonchev–Trinajstić information content (AvgIpc) is 3.28. The molecule has 1 saturated heterocycles. The molecule has 1 fully saturated rings. The highest BCUT2D eigenvalue weighted by molar-refractivity contribution is 7.92. The molecule has 0 atom stereocenters. The van der Waals surface area contributed by atoms with Crippen LogP contribution < -0.4 is 9.62 Å². The molecule has 1 aliphatic rings. The van der Waals surface area contributed by atoms with Gasteiger partial charge in [0.15, 0.2) is 0 Å². The molecule has 3 aromatic rings. The first-order valence-corrected chi connectivity index (χ1v) is 12.5. The van der Waals surface area contributed by atoms with Gasteiger partial charge >= 0.3 is 0 Å². The summed E-state index contributed by atoms with van der Waals surface area (Å²) in [7, 11) is -3.69. The predicted octanol–water partition coefficient (Wildman–Crippen LogP) is 4.47. The molecule has 0 spiro atoms. The van der Waals surface area contributed by atoms with E-state index in [1.165, 1.54) is 11.3 Å². The number of carbonyl (C=O) groups is 1. The van der Waals surface area contributed by atoms with E-state index in [1.807, 2.05) is 35.4 Å². The highest BCUT2D eigenvalue weighted by Gasteiger charge is 2.24. The normalized spacial score (nSPS) is 14.5. The van der Waals surface area contributed by atoms with Crippen molar-refractivity contribution in [2.24, 2.45) is 0 Å². The Hall–Kier alpha value is -2.55. The molecule has 4 rings (SSSR count).